The number of alkyl carbamates (subject to hydrolysis) is 1. The Kier molecular flexibility index (Phi) is 6.10. The van der Waals surface area contributed by atoms with Gasteiger partial charge in [-0.15, -0.1) is 0 Å². The van der Waals surface area contributed by atoms with Gasteiger partial charge in [-0.2, -0.15) is 0 Å². The summed E-state index contributed by atoms with van der Waals surface area (Å²) in [5.41, 5.74) is 8.22. The number of carbonyl (C=O) groups excluding carboxylic acids is 1. The molecule has 1 aromatic rings. The molecule has 0 saturated heterocycles. The van der Waals surface area contributed by atoms with Crippen molar-refractivity contribution in [3.63, 3.8) is 0 Å². The van der Waals surface area contributed by atoms with Crippen molar-refractivity contribution in [2.75, 3.05) is 12.3 Å². The average Bonchev–Trinajstić information content (AvgIpc) is 2.38. The minimum atomic E-state index is -0.476. The highest BCUT2D eigenvalue weighted by molar-refractivity contribution is 5.67. The second-order valence-corrected chi connectivity index (χ2v) is 5.75. The van der Waals surface area contributed by atoms with Gasteiger partial charge in [0.25, 0.3) is 0 Å². The van der Waals surface area contributed by atoms with Gasteiger partial charge in [0.1, 0.15) is 5.60 Å². The number of nitrogen functional groups attached to an aromatic ring is 1. The molecular weight excluding hydrogens is 264 g/mol. The topological polar surface area (TPSA) is 64.3 Å². The molecule has 114 valence electrons. The smallest absolute Gasteiger partial charge is 0.407 e. The van der Waals surface area contributed by atoms with Gasteiger partial charge in [-0.05, 0) is 51.0 Å². The number of nitrogens with two attached hydrogens (primary N) is 1. The number of hydrogen-bond acceptors (Lipinski definition) is 3. The summed E-state index contributed by atoms with van der Waals surface area (Å²) in [5, 5.41) is 2.67. The van der Waals surface area contributed by atoms with Crippen molar-refractivity contribution in [2.24, 2.45) is 0 Å². The molecule has 1 amide bonds. The molecule has 21 heavy (non-hydrogen) atoms. The predicted octanol–water partition coefficient (Wildman–Crippen LogP) is 3.10. The van der Waals surface area contributed by atoms with E-state index < -0.39 is 11.7 Å². The van der Waals surface area contributed by atoms with Crippen LogP contribution in [0, 0.1) is 11.8 Å². The third kappa shape index (κ3) is 6.71. The largest absolute Gasteiger partial charge is 0.444 e. The van der Waals surface area contributed by atoms with Gasteiger partial charge in [-0.1, -0.05) is 18.8 Å². The quantitative estimate of drug-likeness (QED) is 0.510. The van der Waals surface area contributed by atoms with Gasteiger partial charge in [0.2, 0.25) is 0 Å². The molecule has 0 saturated carbocycles. The number of anilines is 1. The lowest BCUT2D eigenvalue weighted by atomic mass is 10.1. The maximum absolute atomic E-state index is 11.4. The molecule has 0 aliphatic heterocycles. The van der Waals surface area contributed by atoms with Crippen molar-refractivity contribution in [3.05, 3.63) is 29.3 Å². The van der Waals surface area contributed by atoms with E-state index in [2.05, 4.69) is 24.1 Å². The minimum Gasteiger partial charge on any atom is -0.444 e. The molecule has 0 aliphatic carbocycles. The number of nitrogens with one attached hydrogen (secondary N) is 1. The first kappa shape index (κ1) is 16.9. The van der Waals surface area contributed by atoms with Crippen molar-refractivity contribution in [2.45, 2.75) is 46.1 Å². The summed E-state index contributed by atoms with van der Waals surface area (Å²) in [6.07, 6.45) is 1.05. The summed E-state index contributed by atoms with van der Waals surface area (Å²) in [6.45, 7) is 8.03. The zero-order valence-electron chi connectivity index (χ0n) is 13.2. The van der Waals surface area contributed by atoms with E-state index in [1.165, 1.54) is 0 Å². The average molecular weight is 288 g/mol. The Morgan fingerprint density at radius 1 is 1.38 bits per heavy atom. The van der Waals surface area contributed by atoms with E-state index in [-0.39, 0.29) is 0 Å². The fraction of sp³-hybridized carbons (Fsp3) is 0.471. The molecule has 3 N–H and O–H groups in total. The number of rotatable bonds is 3. The summed E-state index contributed by atoms with van der Waals surface area (Å²) in [5.74, 6) is 6.10. The number of hydrogen-bond donors (Lipinski definition) is 2. The zero-order valence-corrected chi connectivity index (χ0v) is 13.2. The Bertz CT molecular complexity index is 548. The van der Waals surface area contributed by atoms with Gasteiger partial charge < -0.3 is 15.8 Å². The molecule has 0 spiro atoms. The fourth-order valence-corrected chi connectivity index (χ4v) is 1.70. The summed E-state index contributed by atoms with van der Waals surface area (Å²) in [6, 6.07) is 5.79. The molecule has 1 rings (SSSR count). The molecular formula is C17H24N2O2. The van der Waals surface area contributed by atoms with Gasteiger partial charge >= 0.3 is 6.09 Å². The third-order valence-corrected chi connectivity index (χ3v) is 2.67. The van der Waals surface area contributed by atoms with Crippen LogP contribution < -0.4 is 11.1 Å². The number of carbonyl (C=O) groups is 1. The predicted molar refractivity (Wildman–Crippen MR) is 86.0 cm³/mol. The lowest BCUT2D eigenvalue weighted by Gasteiger charge is -2.19. The zero-order chi connectivity index (χ0) is 15.9. The summed E-state index contributed by atoms with van der Waals surface area (Å²) >= 11 is 0. The van der Waals surface area contributed by atoms with Crippen LogP contribution in [0.5, 0.6) is 0 Å². The van der Waals surface area contributed by atoms with Crippen molar-refractivity contribution in [1.82, 2.24) is 5.32 Å². The Hall–Kier alpha value is -2.15. The fourth-order valence-electron chi connectivity index (χ4n) is 1.70. The second kappa shape index (κ2) is 7.58. The van der Waals surface area contributed by atoms with Gasteiger partial charge in [0, 0.05) is 24.2 Å². The molecule has 0 atom stereocenters. The van der Waals surface area contributed by atoms with E-state index in [4.69, 9.17) is 10.5 Å². The molecule has 0 fully saturated rings. The highest BCUT2D eigenvalue weighted by Crippen LogP contribution is 2.13. The number of benzene rings is 1. The Balaban J connectivity index is 2.42. The molecule has 1 aromatic carbocycles. The van der Waals surface area contributed by atoms with Crippen molar-refractivity contribution < 1.29 is 9.53 Å². The molecule has 0 aliphatic rings. The Morgan fingerprint density at radius 2 is 2.10 bits per heavy atom. The van der Waals surface area contributed by atoms with Gasteiger partial charge in [-0.25, -0.2) is 4.79 Å². The number of aryl methyl sites for hydroxylation is 1. The van der Waals surface area contributed by atoms with Crippen LogP contribution in [0.25, 0.3) is 0 Å². The van der Waals surface area contributed by atoms with E-state index in [9.17, 15) is 4.79 Å². The number of amides is 1. The molecule has 0 heterocycles. The summed E-state index contributed by atoms with van der Waals surface area (Å²) in [7, 11) is 0. The maximum atomic E-state index is 11.4. The normalized spacial score (nSPS) is 10.5. The Morgan fingerprint density at radius 3 is 2.71 bits per heavy atom. The maximum Gasteiger partial charge on any atom is 0.407 e. The first-order valence-electron chi connectivity index (χ1n) is 7.16. The standard InChI is InChI=1S/C17H24N2O2/c1-5-14-12-13(9-10-15(14)18)8-6-7-11-19-16(20)21-17(2,3)4/h9-10,12H,5,7,11,18H2,1-4H3,(H,19,20). The van der Waals surface area contributed by atoms with E-state index in [1.54, 1.807) is 0 Å². The van der Waals surface area contributed by atoms with Crippen LogP contribution in [0.3, 0.4) is 0 Å². The molecule has 4 heteroatoms. The van der Waals surface area contributed by atoms with Gasteiger partial charge in [0.15, 0.2) is 0 Å². The highest BCUT2D eigenvalue weighted by Gasteiger charge is 2.15. The summed E-state index contributed by atoms with van der Waals surface area (Å²) < 4.78 is 5.13. The van der Waals surface area contributed by atoms with E-state index in [0.29, 0.717) is 13.0 Å². The van der Waals surface area contributed by atoms with Crippen molar-refractivity contribution in [1.29, 1.82) is 0 Å². The molecule has 4 nitrogen and oxygen atoms in total. The van der Waals surface area contributed by atoms with Crippen LogP contribution in [-0.4, -0.2) is 18.2 Å². The van der Waals surface area contributed by atoms with Crippen LogP contribution in [-0.2, 0) is 11.2 Å². The first-order chi connectivity index (χ1) is 9.81. The molecule has 0 bridgehead atoms. The lowest BCUT2D eigenvalue weighted by Crippen LogP contribution is -2.32. The van der Waals surface area contributed by atoms with E-state index in [0.717, 1.165) is 23.2 Å². The summed E-state index contributed by atoms with van der Waals surface area (Å²) in [4.78, 5) is 11.4. The first-order valence-corrected chi connectivity index (χ1v) is 7.16. The monoisotopic (exact) mass is 288 g/mol. The van der Waals surface area contributed by atoms with E-state index in [1.807, 2.05) is 39.0 Å². The van der Waals surface area contributed by atoms with Crippen molar-refractivity contribution >= 4 is 11.8 Å². The van der Waals surface area contributed by atoms with E-state index >= 15 is 0 Å². The van der Waals surface area contributed by atoms with Gasteiger partial charge in [-0.3, -0.25) is 0 Å². The van der Waals surface area contributed by atoms with Crippen LogP contribution in [0.1, 0.15) is 45.2 Å². The number of ether oxygens (including phenoxy) is 1. The molecule has 0 aromatic heterocycles. The highest BCUT2D eigenvalue weighted by atomic mass is 16.6. The van der Waals surface area contributed by atoms with Crippen LogP contribution in [0.2, 0.25) is 0 Å². The molecule has 0 radical (unpaired) electrons. The van der Waals surface area contributed by atoms with Gasteiger partial charge in [0.05, 0.1) is 0 Å². The van der Waals surface area contributed by atoms with Crippen LogP contribution >= 0.6 is 0 Å². The minimum absolute atomic E-state index is 0.412. The second-order valence-electron chi connectivity index (χ2n) is 5.75. The van der Waals surface area contributed by atoms with Crippen LogP contribution in [0.4, 0.5) is 10.5 Å². The molecule has 0 unspecified atom stereocenters. The third-order valence-electron chi connectivity index (χ3n) is 2.67. The SMILES string of the molecule is CCc1cc(C#CCCNC(=O)OC(C)(C)C)ccc1N. The van der Waals surface area contributed by atoms with Crippen LogP contribution in [0.15, 0.2) is 18.2 Å². The lowest BCUT2D eigenvalue weighted by molar-refractivity contribution is 0.0529. The Labute approximate surface area is 127 Å². The van der Waals surface area contributed by atoms with Crippen molar-refractivity contribution in [3.8, 4) is 11.8 Å².